The number of amides is 1. The number of hydrogen-bond donors (Lipinski definition) is 0. The van der Waals surface area contributed by atoms with E-state index in [0.717, 1.165) is 57.7 Å². The van der Waals surface area contributed by atoms with E-state index in [1.54, 1.807) is 6.92 Å². The van der Waals surface area contributed by atoms with Crippen molar-refractivity contribution in [1.82, 2.24) is 30.0 Å². The molecule has 3 rings (SSSR count). The molecule has 2 atom stereocenters. The number of tetrazole rings is 1. The molecule has 0 aromatic carbocycles. The third kappa shape index (κ3) is 3.54. The van der Waals surface area contributed by atoms with Gasteiger partial charge in [0.15, 0.2) is 5.82 Å². The van der Waals surface area contributed by atoms with Crippen molar-refractivity contribution in [2.45, 2.75) is 77.5 Å². The lowest BCUT2D eigenvalue weighted by atomic mass is 10.0. The molecule has 0 spiro atoms. The maximum absolute atomic E-state index is 11.9. The fraction of sp³-hybridized carbons (Fsp3) is 0.875. The topological polar surface area (TPSA) is 67.2 Å². The second kappa shape index (κ2) is 7.38. The average molecular weight is 320 g/mol. The molecule has 3 heterocycles. The van der Waals surface area contributed by atoms with Gasteiger partial charge in [-0.05, 0) is 49.1 Å². The van der Waals surface area contributed by atoms with Crippen LogP contribution in [0.1, 0.15) is 58.2 Å². The fourth-order valence-electron chi connectivity index (χ4n) is 4.07. The first-order valence-electron chi connectivity index (χ1n) is 8.97. The number of carbonyl (C=O) groups excluding carboxylic acids is 1. The van der Waals surface area contributed by atoms with E-state index in [4.69, 9.17) is 0 Å². The summed E-state index contributed by atoms with van der Waals surface area (Å²) in [6, 6.07) is 0.827. The number of aryl methyl sites for hydroxylation is 1. The minimum atomic E-state index is 0.215. The molecule has 2 fully saturated rings. The Morgan fingerprint density at radius 1 is 1.22 bits per heavy atom. The summed E-state index contributed by atoms with van der Waals surface area (Å²) in [5, 5.41) is 12.2. The van der Waals surface area contributed by atoms with Gasteiger partial charge in [0.25, 0.3) is 0 Å². The molecular formula is C16H28N6O. The molecule has 0 aliphatic carbocycles. The number of carbonyl (C=O) groups is 1. The minimum Gasteiger partial charge on any atom is -0.338 e. The highest BCUT2D eigenvalue weighted by Gasteiger charge is 2.39. The lowest BCUT2D eigenvalue weighted by Gasteiger charge is -2.34. The zero-order chi connectivity index (χ0) is 16.2. The van der Waals surface area contributed by atoms with Gasteiger partial charge in [-0.3, -0.25) is 9.69 Å². The summed E-state index contributed by atoms with van der Waals surface area (Å²) in [6.45, 7) is 7.55. The van der Waals surface area contributed by atoms with E-state index >= 15 is 0 Å². The number of aromatic nitrogens is 4. The Balaban J connectivity index is 1.68. The third-order valence-corrected chi connectivity index (χ3v) is 5.24. The Morgan fingerprint density at radius 3 is 2.78 bits per heavy atom. The van der Waals surface area contributed by atoms with Crippen molar-refractivity contribution in [3.8, 4) is 0 Å². The van der Waals surface area contributed by atoms with Crippen molar-refractivity contribution in [3.63, 3.8) is 0 Å². The molecule has 1 aromatic rings. The zero-order valence-corrected chi connectivity index (χ0v) is 14.3. The lowest BCUT2D eigenvalue weighted by Crippen LogP contribution is -2.47. The zero-order valence-electron chi connectivity index (χ0n) is 14.3. The summed E-state index contributed by atoms with van der Waals surface area (Å²) in [5.74, 6) is 1.17. The standard InChI is InChI=1S/C16H28N6O/c1-3-4-11-22-16(17-18-19-22)12-20-9-5-7-14(20)15-8-6-10-21(15)13(2)23/h14-15H,3-12H2,1-2H3/t14-,15+/m1/s1. The molecule has 128 valence electrons. The summed E-state index contributed by atoms with van der Waals surface area (Å²) in [6.07, 6.45) is 6.86. The predicted molar refractivity (Wildman–Crippen MR) is 86.6 cm³/mol. The molecule has 2 saturated heterocycles. The van der Waals surface area contributed by atoms with Crippen LogP contribution < -0.4 is 0 Å². The molecule has 2 aliphatic heterocycles. The largest absolute Gasteiger partial charge is 0.338 e. The summed E-state index contributed by atoms with van der Waals surface area (Å²) in [7, 11) is 0. The van der Waals surface area contributed by atoms with Gasteiger partial charge in [-0.15, -0.1) is 5.10 Å². The van der Waals surface area contributed by atoms with Gasteiger partial charge in [0.05, 0.1) is 6.54 Å². The van der Waals surface area contributed by atoms with Gasteiger partial charge in [-0.25, -0.2) is 4.68 Å². The minimum absolute atomic E-state index is 0.215. The van der Waals surface area contributed by atoms with Crippen LogP contribution in [0.3, 0.4) is 0 Å². The van der Waals surface area contributed by atoms with Crippen LogP contribution in [0.2, 0.25) is 0 Å². The summed E-state index contributed by atoms with van der Waals surface area (Å²) in [5.41, 5.74) is 0. The van der Waals surface area contributed by atoms with Crippen LogP contribution in [-0.2, 0) is 17.9 Å². The van der Waals surface area contributed by atoms with E-state index in [-0.39, 0.29) is 5.91 Å². The Labute approximate surface area is 138 Å². The van der Waals surface area contributed by atoms with Crippen molar-refractivity contribution in [1.29, 1.82) is 0 Å². The lowest BCUT2D eigenvalue weighted by molar-refractivity contribution is -0.130. The number of rotatable bonds is 6. The van der Waals surface area contributed by atoms with Crippen molar-refractivity contribution < 1.29 is 4.79 Å². The molecule has 0 N–H and O–H groups in total. The summed E-state index contributed by atoms with van der Waals surface area (Å²) >= 11 is 0. The summed E-state index contributed by atoms with van der Waals surface area (Å²) < 4.78 is 1.94. The highest BCUT2D eigenvalue weighted by Crippen LogP contribution is 2.30. The normalized spacial score (nSPS) is 25.4. The fourth-order valence-corrected chi connectivity index (χ4v) is 4.07. The van der Waals surface area contributed by atoms with Crippen LogP contribution in [0.4, 0.5) is 0 Å². The van der Waals surface area contributed by atoms with Crippen molar-refractivity contribution in [2.24, 2.45) is 0 Å². The van der Waals surface area contributed by atoms with Crippen molar-refractivity contribution >= 4 is 5.91 Å². The van der Waals surface area contributed by atoms with Crippen LogP contribution in [0.25, 0.3) is 0 Å². The molecule has 0 radical (unpaired) electrons. The van der Waals surface area contributed by atoms with Crippen LogP contribution >= 0.6 is 0 Å². The van der Waals surface area contributed by atoms with Gasteiger partial charge in [0.1, 0.15) is 0 Å². The Kier molecular flexibility index (Phi) is 5.25. The monoisotopic (exact) mass is 320 g/mol. The summed E-state index contributed by atoms with van der Waals surface area (Å²) in [4.78, 5) is 16.4. The Morgan fingerprint density at radius 2 is 2.00 bits per heavy atom. The second-order valence-corrected chi connectivity index (χ2v) is 6.77. The molecule has 0 bridgehead atoms. The van der Waals surface area contributed by atoms with Crippen LogP contribution in [0.15, 0.2) is 0 Å². The number of likely N-dealkylation sites (tertiary alicyclic amines) is 2. The quantitative estimate of drug-likeness (QED) is 0.793. The molecule has 1 aromatic heterocycles. The van der Waals surface area contributed by atoms with Gasteiger partial charge in [-0.2, -0.15) is 0 Å². The van der Waals surface area contributed by atoms with E-state index in [1.165, 1.54) is 12.8 Å². The number of nitrogens with zero attached hydrogens (tertiary/aromatic N) is 6. The van der Waals surface area contributed by atoms with Crippen molar-refractivity contribution in [2.75, 3.05) is 13.1 Å². The van der Waals surface area contributed by atoms with Gasteiger partial charge in [-0.1, -0.05) is 13.3 Å². The predicted octanol–water partition coefficient (Wildman–Crippen LogP) is 1.45. The maximum atomic E-state index is 11.9. The van der Waals surface area contributed by atoms with Gasteiger partial charge >= 0.3 is 0 Å². The van der Waals surface area contributed by atoms with E-state index in [1.807, 2.05) is 4.68 Å². The first-order valence-corrected chi connectivity index (χ1v) is 8.97. The number of unbranched alkanes of at least 4 members (excludes halogenated alkanes) is 1. The number of hydrogen-bond acceptors (Lipinski definition) is 5. The molecule has 7 heteroatoms. The van der Waals surface area contributed by atoms with E-state index < -0.39 is 0 Å². The van der Waals surface area contributed by atoms with Crippen LogP contribution in [0.5, 0.6) is 0 Å². The Bertz CT molecular complexity index is 530. The average Bonchev–Trinajstić information content (AvgIpc) is 3.25. The smallest absolute Gasteiger partial charge is 0.219 e. The van der Waals surface area contributed by atoms with E-state index in [2.05, 4.69) is 32.2 Å². The molecule has 0 unspecified atom stereocenters. The maximum Gasteiger partial charge on any atom is 0.219 e. The van der Waals surface area contributed by atoms with Gasteiger partial charge < -0.3 is 4.90 Å². The Hall–Kier alpha value is -1.50. The molecule has 2 aliphatic rings. The highest BCUT2D eigenvalue weighted by atomic mass is 16.2. The molecular weight excluding hydrogens is 292 g/mol. The third-order valence-electron chi connectivity index (χ3n) is 5.24. The van der Waals surface area contributed by atoms with Crippen LogP contribution in [0, 0.1) is 0 Å². The van der Waals surface area contributed by atoms with Gasteiger partial charge in [0, 0.05) is 32.1 Å². The molecule has 23 heavy (non-hydrogen) atoms. The van der Waals surface area contributed by atoms with Crippen molar-refractivity contribution in [3.05, 3.63) is 5.82 Å². The second-order valence-electron chi connectivity index (χ2n) is 6.77. The molecule has 7 nitrogen and oxygen atoms in total. The van der Waals surface area contributed by atoms with Gasteiger partial charge in [0.2, 0.25) is 5.91 Å². The molecule has 1 amide bonds. The highest BCUT2D eigenvalue weighted by molar-refractivity contribution is 5.74. The van der Waals surface area contributed by atoms with E-state index in [9.17, 15) is 4.79 Å². The SMILES string of the molecule is CCCCn1nnnc1CN1CCC[C@@H]1[C@@H]1CCCN1C(C)=O. The first-order chi connectivity index (χ1) is 11.2. The first kappa shape index (κ1) is 16.4. The molecule has 0 saturated carbocycles. The van der Waals surface area contributed by atoms with E-state index in [0.29, 0.717) is 12.1 Å². The van der Waals surface area contributed by atoms with Crippen LogP contribution in [-0.4, -0.2) is 61.1 Å².